The molecule has 0 bridgehead atoms. The number of carboxylic acid groups (broad SMARTS) is 1. The third kappa shape index (κ3) is 2.53. The molecule has 0 saturated heterocycles. The van der Waals surface area contributed by atoms with Gasteiger partial charge in [0.05, 0.1) is 11.8 Å². The molecule has 6 nitrogen and oxygen atoms in total. The summed E-state index contributed by atoms with van der Waals surface area (Å²) in [6.45, 7) is 3.92. The fourth-order valence-electron chi connectivity index (χ4n) is 2.98. The van der Waals surface area contributed by atoms with E-state index < -0.39 is 11.9 Å². The first-order chi connectivity index (χ1) is 10.1. The average Bonchev–Trinajstić information content (AvgIpc) is 3.06. The lowest BCUT2D eigenvalue weighted by atomic mass is 9.96. The van der Waals surface area contributed by atoms with E-state index in [1.165, 1.54) is 0 Å². The molecule has 0 aliphatic heterocycles. The van der Waals surface area contributed by atoms with Crippen molar-refractivity contribution in [1.82, 2.24) is 15.1 Å². The number of hydrogen-bond donors (Lipinski definition) is 1. The molecular weight excluding hydrogens is 270 g/mol. The summed E-state index contributed by atoms with van der Waals surface area (Å²) >= 11 is 0. The summed E-state index contributed by atoms with van der Waals surface area (Å²) < 4.78 is 5.30. The van der Waals surface area contributed by atoms with Crippen LogP contribution in [0, 0.1) is 19.8 Å². The van der Waals surface area contributed by atoms with Gasteiger partial charge in [0.25, 0.3) is 0 Å². The minimum atomic E-state index is -0.790. The number of rotatable bonds is 3. The predicted molar refractivity (Wildman–Crippen MR) is 74.7 cm³/mol. The topological polar surface area (TPSA) is 89.1 Å². The standard InChI is InChI=1S/C15H17N3O3/c1-8-6-9(2)12(16-7-8)13-17-14(21-18-13)10-4-3-5-11(10)15(19)20/h6-7,10-11H,3-5H2,1-2H3,(H,19,20). The summed E-state index contributed by atoms with van der Waals surface area (Å²) in [5, 5.41) is 13.2. The van der Waals surface area contributed by atoms with Crippen LogP contribution in [0.5, 0.6) is 0 Å². The molecule has 1 aliphatic rings. The van der Waals surface area contributed by atoms with Gasteiger partial charge in [-0.2, -0.15) is 4.98 Å². The van der Waals surface area contributed by atoms with Gasteiger partial charge in [-0.15, -0.1) is 0 Å². The van der Waals surface area contributed by atoms with E-state index in [4.69, 9.17) is 4.52 Å². The molecule has 0 amide bonds. The number of hydrogen-bond acceptors (Lipinski definition) is 5. The van der Waals surface area contributed by atoms with Gasteiger partial charge in [-0.25, -0.2) is 0 Å². The molecule has 3 rings (SSSR count). The number of pyridine rings is 1. The highest BCUT2D eigenvalue weighted by molar-refractivity contribution is 5.71. The SMILES string of the molecule is Cc1cnc(-c2noc(C3CCCC3C(=O)O)n2)c(C)c1. The van der Waals surface area contributed by atoms with Gasteiger partial charge < -0.3 is 9.63 Å². The Morgan fingerprint density at radius 3 is 2.90 bits per heavy atom. The molecular formula is C15H17N3O3. The Morgan fingerprint density at radius 2 is 2.19 bits per heavy atom. The van der Waals surface area contributed by atoms with Crippen molar-refractivity contribution in [3.05, 3.63) is 29.3 Å². The van der Waals surface area contributed by atoms with Crippen LogP contribution in [0.2, 0.25) is 0 Å². The fourth-order valence-corrected chi connectivity index (χ4v) is 2.98. The lowest BCUT2D eigenvalue weighted by molar-refractivity contribution is -0.142. The normalized spacial score (nSPS) is 21.6. The van der Waals surface area contributed by atoms with E-state index in [0.717, 1.165) is 24.0 Å². The van der Waals surface area contributed by atoms with E-state index in [1.807, 2.05) is 19.9 Å². The van der Waals surface area contributed by atoms with E-state index in [9.17, 15) is 9.90 Å². The molecule has 0 radical (unpaired) electrons. The summed E-state index contributed by atoms with van der Waals surface area (Å²) in [7, 11) is 0. The number of aryl methyl sites for hydroxylation is 2. The molecule has 2 unspecified atom stereocenters. The summed E-state index contributed by atoms with van der Waals surface area (Å²) in [6.07, 6.45) is 4.08. The Hall–Kier alpha value is -2.24. The van der Waals surface area contributed by atoms with Crippen molar-refractivity contribution in [3.8, 4) is 11.5 Å². The van der Waals surface area contributed by atoms with Gasteiger partial charge in [0.2, 0.25) is 11.7 Å². The van der Waals surface area contributed by atoms with Crippen LogP contribution < -0.4 is 0 Å². The number of carboxylic acids is 1. The lowest BCUT2D eigenvalue weighted by Crippen LogP contribution is -2.17. The third-order valence-electron chi connectivity index (χ3n) is 4.02. The molecule has 1 saturated carbocycles. The van der Waals surface area contributed by atoms with Crippen LogP contribution in [-0.4, -0.2) is 26.2 Å². The lowest BCUT2D eigenvalue weighted by Gasteiger charge is -2.10. The number of aliphatic carboxylic acids is 1. The monoisotopic (exact) mass is 287 g/mol. The van der Waals surface area contributed by atoms with Crippen LogP contribution in [0.25, 0.3) is 11.5 Å². The first-order valence-electron chi connectivity index (χ1n) is 7.06. The van der Waals surface area contributed by atoms with E-state index in [0.29, 0.717) is 23.8 Å². The minimum absolute atomic E-state index is 0.186. The van der Waals surface area contributed by atoms with Crippen LogP contribution >= 0.6 is 0 Å². The predicted octanol–water partition coefficient (Wildman–Crippen LogP) is 2.72. The molecule has 1 aliphatic carbocycles. The second kappa shape index (κ2) is 5.27. The van der Waals surface area contributed by atoms with Gasteiger partial charge in [-0.3, -0.25) is 9.78 Å². The fraction of sp³-hybridized carbons (Fsp3) is 0.467. The highest BCUT2D eigenvalue weighted by Gasteiger charge is 2.37. The van der Waals surface area contributed by atoms with E-state index in [1.54, 1.807) is 6.20 Å². The first-order valence-corrected chi connectivity index (χ1v) is 7.06. The molecule has 110 valence electrons. The van der Waals surface area contributed by atoms with E-state index in [-0.39, 0.29) is 5.92 Å². The van der Waals surface area contributed by atoms with Crippen molar-refractivity contribution < 1.29 is 14.4 Å². The first kappa shape index (κ1) is 13.7. The van der Waals surface area contributed by atoms with Crippen LogP contribution in [-0.2, 0) is 4.79 Å². The third-order valence-corrected chi connectivity index (χ3v) is 4.02. The van der Waals surface area contributed by atoms with Crippen molar-refractivity contribution in [2.45, 2.75) is 39.0 Å². The Bertz CT molecular complexity index is 681. The summed E-state index contributed by atoms with van der Waals surface area (Å²) in [5.74, 6) is -0.558. The zero-order valence-corrected chi connectivity index (χ0v) is 12.0. The molecule has 6 heteroatoms. The molecule has 21 heavy (non-hydrogen) atoms. The van der Waals surface area contributed by atoms with Gasteiger partial charge in [-0.1, -0.05) is 17.6 Å². The highest BCUT2D eigenvalue weighted by Crippen LogP contribution is 2.39. The zero-order chi connectivity index (χ0) is 15.0. The molecule has 2 aromatic heterocycles. The number of carbonyl (C=O) groups is 1. The Labute approximate surface area is 122 Å². The van der Waals surface area contributed by atoms with Gasteiger partial charge in [-0.05, 0) is 37.8 Å². The highest BCUT2D eigenvalue weighted by atomic mass is 16.5. The molecule has 1 fully saturated rings. The Kier molecular flexibility index (Phi) is 3.45. The van der Waals surface area contributed by atoms with Crippen molar-refractivity contribution in [3.63, 3.8) is 0 Å². The maximum atomic E-state index is 11.3. The maximum Gasteiger partial charge on any atom is 0.307 e. The smallest absolute Gasteiger partial charge is 0.307 e. The Balaban J connectivity index is 1.91. The van der Waals surface area contributed by atoms with Gasteiger partial charge in [0.15, 0.2) is 0 Å². The van der Waals surface area contributed by atoms with Gasteiger partial charge in [0, 0.05) is 6.20 Å². The van der Waals surface area contributed by atoms with E-state index >= 15 is 0 Å². The molecule has 2 aromatic rings. The number of nitrogens with zero attached hydrogens (tertiary/aromatic N) is 3. The van der Waals surface area contributed by atoms with Gasteiger partial charge in [0.1, 0.15) is 5.69 Å². The average molecular weight is 287 g/mol. The number of aromatic nitrogens is 3. The van der Waals surface area contributed by atoms with E-state index in [2.05, 4.69) is 15.1 Å². The van der Waals surface area contributed by atoms with Crippen molar-refractivity contribution >= 4 is 5.97 Å². The Morgan fingerprint density at radius 1 is 1.38 bits per heavy atom. The quantitative estimate of drug-likeness (QED) is 0.933. The molecule has 2 atom stereocenters. The minimum Gasteiger partial charge on any atom is -0.481 e. The molecule has 2 heterocycles. The summed E-state index contributed by atoms with van der Waals surface area (Å²) in [5.41, 5.74) is 2.73. The largest absolute Gasteiger partial charge is 0.481 e. The maximum absolute atomic E-state index is 11.3. The van der Waals surface area contributed by atoms with Crippen LogP contribution in [0.4, 0.5) is 0 Å². The van der Waals surface area contributed by atoms with Gasteiger partial charge >= 0.3 is 5.97 Å². The molecule has 1 N–H and O–H groups in total. The second-order valence-electron chi connectivity index (χ2n) is 5.62. The van der Waals surface area contributed by atoms with Crippen LogP contribution in [0.1, 0.15) is 42.2 Å². The van der Waals surface area contributed by atoms with Crippen LogP contribution in [0.15, 0.2) is 16.8 Å². The summed E-state index contributed by atoms with van der Waals surface area (Å²) in [4.78, 5) is 20.0. The second-order valence-corrected chi connectivity index (χ2v) is 5.62. The van der Waals surface area contributed by atoms with Crippen molar-refractivity contribution in [1.29, 1.82) is 0 Å². The molecule has 0 aromatic carbocycles. The molecule has 0 spiro atoms. The van der Waals surface area contributed by atoms with Crippen molar-refractivity contribution in [2.24, 2.45) is 5.92 Å². The van der Waals surface area contributed by atoms with Crippen molar-refractivity contribution in [2.75, 3.05) is 0 Å². The summed E-state index contributed by atoms with van der Waals surface area (Å²) in [6, 6.07) is 2.01. The zero-order valence-electron chi connectivity index (χ0n) is 12.0. The van der Waals surface area contributed by atoms with Crippen LogP contribution in [0.3, 0.4) is 0 Å².